The second kappa shape index (κ2) is 16.9. The minimum absolute atomic E-state index is 0.0187. The highest BCUT2D eigenvalue weighted by Gasteiger charge is 2.27. The Morgan fingerprint density at radius 3 is 1.86 bits per heavy atom. The summed E-state index contributed by atoms with van der Waals surface area (Å²) in [6.07, 6.45) is 1.46. The number of hydrogen-bond donors (Lipinski definition) is 9. The molecule has 0 heterocycles. The Morgan fingerprint density at radius 1 is 0.829 bits per heavy atom. The van der Waals surface area contributed by atoms with Crippen LogP contribution >= 0.6 is 0 Å². The van der Waals surface area contributed by atoms with Crippen LogP contribution in [0.5, 0.6) is 0 Å². The highest BCUT2D eigenvalue weighted by molar-refractivity contribution is 5.92. The molecule has 0 aromatic rings. The number of rotatable bonds is 17. The minimum atomic E-state index is -1.18. The van der Waals surface area contributed by atoms with Gasteiger partial charge < -0.3 is 49.7 Å². The molecule has 14 N–H and O–H groups in total. The van der Waals surface area contributed by atoms with Crippen molar-refractivity contribution in [3.8, 4) is 0 Å². The molecule has 0 aliphatic carbocycles. The number of nitrogens with zero attached hydrogens (tertiary/aromatic N) is 2. The smallest absolute Gasteiger partial charge is 0.326 e. The van der Waals surface area contributed by atoms with Crippen LogP contribution in [-0.4, -0.2) is 78.5 Å². The standard InChI is InChI=1S/C20H40N10O5/c1-11(2)9-14(18(34)35)30-17(33)13(6-4-8-27-20(24)25)29-15(31)10-28-16(32)12(21)5-3-7-26-19(22)23/h11-14H,3-10,21H2,1-2H3,(H,28,32)(H,29,31)(H,30,33)(H,34,35)(H4,22,23,26)(H4,24,25,27). The molecule has 0 aliphatic rings. The summed E-state index contributed by atoms with van der Waals surface area (Å²) in [4.78, 5) is 56.3. The molecule has 0 rings (SSSR count). The maximum absolute atomic E-state index is 12.7. The summed E-state index contributed by atoms with van der Waals surface area (Å²) in [5, 5.41) is 16.7. The normalized spacial score (nSPS) is 13.1. The Kier molecular flexibility index (Phi) is 15.2. The molecule has 15 nitrogen and oxygen atoms in total. The number of carboxylic acid groups (broad SMARTS) is 1. The predicted molar refractivity (Wildman–Crippen MR) is 132 cm³/mol. The maximum atomic E-state index is 12.7. The first kappa shape index (κ1) is 31.4. The van der Waals surface area contributed by atoms with Gasteiger partial charge in [-0.2, -0.15) is 0 Å². The van der Waals surface area contributed by atoms with Gasteiger partial charge in [0.2, 0.25) is 17.7 Å². The molecule has 15 heteroatoms. The van der Waals surface area contributed by atoms with Crippen LogP contribution in [0.15, 0.2) is 9.98 Å². The predicted octanol–water partition coefficient (Wildman–Crippen LogP) is -3.36. The van der Waals surface area contributed by atoms with Gasteiger partial charge in [-0.05, 0) is 38.0 Å². The molecule has 0 bridgehead atoms. The van der Waals surface area contributed by atoms with E-state index in [1.165, 1.54) is 0 Å². The van der Waals surface area contributed by atoms with E-state index in [1.54, 1.807) is 0 Å². The van der Waals surface area contributed by atoms with Gasteiger partial charge >= 0.3 is 5.97 Å². The van der Waals surface area contributed by atoms with Crippen LogP contribution in [-0.2, 0) is 19.2 Å². The number of carboxylic acids is 1. The molecule has 0 spiro atoms. The largest absolute Gasteiger partial charge is 0.480 e. The van der Waals surface area contributed by atoms with Crippen molar-refractivity contribution in [1.82, 2.24) is 16.0 Å². The van der Waals surface area contributed by atoms with E-state index in [-0.39, 0.29) is 37.2 Å². The van der Waals surface area contributed by atoms with Crippen molar-refractivity contribution in [2.45, 2.75) is 64.1 Å². The van der Waals surface area contributed by atoms with E-state index >= 15 is 0 Å². The second-order valence-corrected chi connectivity index (χ2v) is 8.37. The fraction of sp³-hybridized carbons (Fsp3) is 0.700. The van der Waals surface area contributed by atoms with Crippen LogP contribution < -0.4 is 44.6 Å². The third-order valence-corrected chi connectivity index (χ3v) is 4.65. The number of amides is 3. The maximum Gasteiger partial charge on any atom is 0.326 e. The van der Waals surface area contributed by atoms with Gasteiger partial charge in [0.05, 0.1) is 12.6 Å². The highest BCUT2D eigenvalue weighted by atomic mass is 16.4. The zero-order valence-corrected chi connectivity index (χ0v) is 20.3. The van der Waals surface area contributed by atoms with Gasteiger partial charge in [0.25, 0.3) is 0 Å². The number of guanidine groups is 2. The third kappa shape index (κ3) is 15.8. The summed E-state index contributed by atoms with van der Waals surface area (Å²) in [7, 11) is 0. The molecule has 0 radical (unpaired) electrons. The Morgan fingerprint density at radius 2 is 1.37 bits per heavy atom. The van der Waals surface area contributed by atoms with Gasteiger partial charge in [-0.25, -0.2) is 4.79 Å². The van der Waals surface area contributed by atoms with E-state index in [2.05, 4.69) is 25.9 Å². The topological polar surface area (TPSA) is 279 Å². The fourth-order valence-corrected chi connectivity index (χ4v) is 2.93. The number of aliphatic carboxylic acids is 1. The van der Waals surface area contributed by atoms with Crippen molar-refractivity contribution in [2.75, 3.05) is 19.6 Å². The SMILES string of the molecule is CC(C)CC(NC(=O)C(CCCN=C(N)N)NC(=O)CNC(=O)C(N)CCCN=C(N)N)C(=O)O. The van der Waals surface area contributed by atoms with Gasteiger partial charge in [-0.1, -0.05) is 13.8 Å². The lowest BCUT2D eigenvalue weighted by Gasteiger charge is -2.22. The molecule has 200 valence electrons. The van der Waals surface area contributed by atoms with Crippen molar-refractivity contribution in [3.63, 3.8) is 0 Å². The monoisotopic (exact) mass is 500 g/mol. The summed E-state index contributed by atoms with van der Waals surface area (Å²) in [6, 6.07) is -3.05. The fourth-order valence-electron chi connectivity index (χ4n) is 2.93. The van der Waals surface area contributed by atoms with Crippen molar-refractivity contribution in [2.24, 2.45) is 44.6 Å². The quantitative estimate of drug-likeness (QED) is 0.0543. The summed E-state index contributed by atoms with van der Waals surface area (Å²) < 4.78 is 0. The minimum Gasteiger partial charge on any atom is -0.480 e. The summed E-state index contributed by atoms with van der Waals surface area (Å²) in [5.74, 6) is -3.21. The molecular formula is C20H40N10O5. The van der Waals surface area contributed by atoms with Gasteiger partial charge in [-0.15, -0.1) is 0 Å². The molecule has 3 unspecified atom stereocenters. The van der Waals surface area contributed by atoms with Crippen LogP contribution in [0.3, 0.4) is 0 Å². The lowest BCUT2D eigenvalue weighted by Crippen LogP contribution is -2.54. The first-order chi connectivity index (χ1) is 16.3. The van der Waals surface area contributed by atoms with E-state index in [1.807, 2.05) is 13.8 Å². The van der Waals surface area contributed by atoms with E-state index < -0.39 is 48.4 Å². The van der Waals surface area contributed by atoms with Crippen molar-refractivity contribution < 1.29 is 24.3 Å². The number of nitrogens with two attached hydrogens (primary N) is 5. The van der Waals surface area contributed by atoms with Gasteiger partial charge in [0.1, 0.15) is 12.1 Å². The van der Waals surface area contributed by atoms with Gasteiger partial charge in [0.15, 0.2) is 11.9 Å². The molecule has 3 amide bonds. The number of hydrogen-bond acceptors (Lipinski definition) is 7. The van der Waals surface area contributed by atoms with Gasteiger partial charge in [-0.3, -0.25) is 24.4 Å². The van der Waals surface area contributed by atoms with Crippen LogP contribution in [0.4, 0.5) is 0 Å². The first-order valence-corrected chi connectivity index (χ1v) is 11.3. The molecule has 0 saturated heterocycles. The number of aliphatic imine (C=N–C) groups is 2. The Bertz CT molecular complexity index is 763. The van der Waals surface area contributed by atoms with Crippen LogP contribution in [0.2, 0.25) is 0 Å². The van der Waals surface area contributed by atoms with Crippen LogP contribution in [0, 0.1) is 5.92 Å². The zero-order valence-electron chi connectivity index (χ0n) is 20.3. The second-order valence-electron chi connectivity index (χ2n) is 8.37. The number of carbonyl (C=O) groups is 4. The molecular weight excluding hydrogens is 460 g/mol. The molecule has 0 saturated carbocycles. The van der Waals surface area contributed by atoms with Gasteiger partial charge in [0, 0.05) is 13.1 Å². The Labute approximate surface area is 204 Å². The van der Waals surface area contributed by atoms with Crippen molar-refractivity contribution in [3.05, 3.63) is 0 Å². The lowest BCUT2D eigenvalue weighted by molar-refractivity contribution is -0.142. The van der Waals surface area contributed by atoms with Crippen molar-refractivity contribution >= 4 is 35.6 Å². The van der Waals surface area contributed by atoms with Crippen LogP contribution in [0.1, 0.15) is 46.0 Å². The Balaban J connectivity index is 4.95. The average Bonchev–Trinajstić information content (AvgIpc) is 2.75. The van der Waals surface area contributed by atoms with Crippen molar-refractivity contribution in [1.29, 1.82) is 0 Å². The van der Waals surface area contributed by atoms with Crippen LogP contribution in [0.25, 0.3) is 0 Å². The van der Waals surface area contributed by atoms with E-state index in [0.29, 0.717) is 25.8 Å². The molecule has 0 aliphatic heterocycles. The zero-order chi connectivity index (χ0) is 27.0. The lowest BCUT2D eigenvalue weighted by atomic mass is 10.0. The highest BCUT2D eigenvalue weighted by Crippen LogP contribution is 2.07. The summed E-state index contributed by atoms with van der Waals surface area (Å²) >= 11 is 0. The molecule has 0 aromatic heterocycles. The summed E-state index contributed by atoms with van der Waals surface area (Å²) in [5.41, 5.74) is 26.8. The molecule has 0 fully saturated rings. The average molecular weight is 501 g/mol. The summed E-state index contributed by atoms with van der Waals surface area (Å²) in [6.45, 7) is 3.75. The Hall–Kier alpha value is -3.62. The van der Waals surface area contributed by atoms with E-state index in [9.17, 15) is 24.3 Å². The first-order valence-electron chi connectivity index (χ1n) is 11.3. The molecule has 0 aromatic carbocycles. The number of carbonyl (C=O) groups excluding carboxylic acids is 3. The van der Waals surface area contributed by atoms with E-state index in [0.717, 1.165) is 0 Å². The molecule has 3 atom stereocenters. The molecule has 35 heavy (non-hydrogen) atoms. The number of nitrogens with one attached hydrogen (secondary N) is 3. The third-order valence-electron chi connectivity index (χ3n) is 4.65. The van der Waals surface area contributed by atoms with E-state index in [4.69, 9.17) is 28.7 Å².